The number of nitrogens with zero attached hydrogens (tertiary/aromatic N) is 8. The van der Waals surface area contributed by atoms with E-state index in [0.29, 0.717) is 34.6 Å². The van der Waals surface area contributed by atoms with Crippen LogP contribution in [0.3, 0.4) is 0 Å². The second-order valence-corrected chi connectivity index (χ2v) is 29.0. The molecule has 516 valence electrons. The van der Waals surface area contributed by atoms with Gasteiger partial charge in [0.1, 0.15) is 12.2 Å². The van der Waals surface area contributed by atoms with Crippen LogP contribution in [0.25, 0.3) is 89.7 Å². The molecule has 0 radical (unpaired) electrons. The minimum absolute atomic E-state index is 0. The number of fused-ring (bicyclic) bond motifs is 25. The molecule has 2 unspecified atom stereocenters. The molecular weight excluding hydrogens is 1220 g/mol. The third-order valence-corrected chi connectivity index (χ3v) is 21.6. The maximum absolute atomic E-state index is 6.72. The van der Waals surface area contributed by atoms with Crippen molar-refractivity contribution >= 4 is 44.1 Å². The minimum atomic E-state index is -0.262. The molecule has 11 rings (SSSR count). The van der Waals surface area contributed by atoms with E-state index in [2.05, 4.69) is 103 Å². The first kappa shape index (κ1) is 72.9. The fraction of sp³-hybridized carbons (Fsp3) is 0.581. The Kier molecular flexibility index (Phi) is 28.0. The van der Waals surface area contributed by atoms with Crippen LogP contribution in [0.2, 0.25) is 0 Å². The van der Waals surface area contributed by atoms with E-state index in [0.717, 1.165) is 154 Å². The Morgan fingerprint density at radius 2 is 0.531 bits per heavy atom. The number of aryl methyl sites for hydroxylation is 6. The Bertz CT molecular complexity index is 3660. The van der Waals surface area contributed by atoms with Crippen molar-refractivity contribution in [2.45, 2.75) is 323 Å². The molecule has 0 spiro atoms. The zero-order chi connectivity index (χ0) is 65.9. The monoisotopic (exact) mass is 1330 g/mol. The van der Waals surface area contributed by atoms with E-state index in [9.17, 15) is 0 Å². The van der Waals surface area contributed by atoms with Crippen molar-refractivity contribution in [2.75, 3.05) is 0 Å². The van der Waals surface area contributed by atoms with E-state index in [1.807, 2.05) is 0 Å². The Labute approximate surface area is 588 Å². The van der Waals surface area contributed by atoms with E-state index in [4.69, 9.17) is 44.6 Å². The molecule has 7 aromatic rings. The molecule has 4 aromatic carbocycles. The van der Waals surface area contributed by atoms with Gasteiger partial charge in [0.05, 0.1) is 23.3 Å². The Morgan fingerprint density at radius 3 is 0.812 bits per heavy atom. The molecule has 0 N–H and O–H groups in total. The molecule has 1 fully saturated rings. The Hall–Kier alpha value is -5.83. The SMILES string of the molecule is C=C1C(=C)C2OC1c1cc3c4nc5nc(nc6[n-]c(nc7nc(nc([n-]4)c3cc12)-c1c(CCCCCCCC)ccc(CCCCCCCC)c1-7)c1c(CCCCCCCC)ccc(CCCCCCCC)c61)-c1c(CCCCCCCC)ccc(CCCCCCCC)c1-5.[Ni+2]. The Balaban J connectivity index is 0.0000100. The summed E-state index contributed by atoms with van der Waals surface area (Å²) in [6, 6.07) is 19.1. The molecule has 7 heterocycles. The molecule has 0 saturated carbocycles. The quantitative estimate of drug-likeness (QED) is 0.0272. The van der Waals surface area contributed by atoms with Crippen LogP contribution in [0.4, 0.5) is 0 Å². The summed E-state index contributed by atoms with van der Waals surface area (Å²) in [5, 5.41) is 4.14. The first-order valence-corrected chi connectivity index (χ1v) is 39.2. The smallest absolute Gasteiger partial charge is 0.357 e. The van der Waals surface area contributed by atoms with E-state index in [1.54, 1.807) is 0 Å². The Morgan fingerprint density at radius 1 is 0.302 bits per heavy atom. The topological polar surface area (TPSA) is 115 Å². The van der Waals surface area contributed by atoms with Crippen LogP contribution >= 0.6 is 0 Å². The number of rotatable bonds is 42. The number of unbranched alkanes of at least 4 members (excludes halogenated alkanes) is 30. The molecular formula is C86H116N8NiO. The van der Waals surface area contributed by atoms with Crippen LogP contribution in [0.15, 0.2) is 72.8 Å². The summed E-state index contributed by atoms with van der Waals surface area (Å²) < 4.78 is 6.72. The zero-order valence-corrected chi connectivity index (χ0v) is 61.2. The summed E-state index contributed by atoms with van der Waals surface area (Å²) in [6.07, 6.45) is 49.3. The predicted octanol–water partition coefficient (Wildman–Crippen LogP) is 24.8. The fourth-order valence-electron chi connectivity index (χ4n) is 16.0. The van der Waals surface area contributed by atoms with Crippen molar-refractivity contribution in [1.82, 2.24) is 39.9 Å². The van der Waals surface area contributed by atoms with Crippen LogP contribution in [-0.2, 0) is 59.8 Å². The van der Waals surface area contributed by atoms with Gasteiger partial charge < -0.3 is 34.6 Å². The van der Waals surface area contributed by atoms with Crippen molar-refractivity contribution < 1.29 is 21.2 Å². The van der Waals surface area contributed by atoms with Gasteiger partial charge in [-0.1, -0.05) is 284 Å². The molecule has 10 bridgehead atoms. The van der Waals surface area contributed by atoms with Gasteiger partial charge in [0.2, 0.25) is 0 Å². The summed E-state index contributed by atoms with van der Waals surface area (Å²) in [7, 11) is 0. The molecule has 4 aliphatic heterocycles. The maximum atomic E-state index is 6.72. The van der Waals surface area contributed by atoms with Gasteiger partial charge in [0, 0.05) is 44.8 Å². The molecule has 2 atom stereocenters. The molecule has 4 aliphatic rings. The summed E-state index contributed by atoms with van der Waals surface area (Å²) >= 11 is 0. The molecule has 10 heteroatoms. The van der Waals surface area contributed by atoms with Crippen LogP contribution in [-0.4, -0.2) is 29.9 Å². The predicted molar refractivity (Wildman–Crippen MR) is 401 cm³/mol. The van der Waals surface area contributed by atoms with Crippen LogP contribution in [0, 0.1) is 0 Å². The minimum Gasteiger partial charge on any atom is -0.357 e. The van der Waals surface area contributed by atoms with Crippen molar-refractivity contribution in [2.24, 2.45) is 0 Å². The van der Waals surface area contributed by atoms with Gasteiger partial charge in [-0.2, -0.15) is 0 Å². The summed E-state index contributed by atoms with van der Waals surface area (Å²) in [4.78, 5) is 46.6. The van der Waals surface area contributed by atoms with E-state index >= 15 is 0 Å². The zero-order valence-electron chi connectivity index (χ0n) is 60.2. The van der Waals surface area contributed by atoms with E-state index in [1.165, 1.54) is 226 Å². The van der Waals surface area contributed by atoms with Gasteiger partial charge in [-0.25, -0.2) is 9.97 Å². The average Bonchev–Trinajstić information content (AvgIpc) is 1.57. The molecule has 96 heavy (non-hydrogen) atoms. The van der Waals surface area contributed by atoms with E-state index in [-0.39, 0.29) is 28.7 Å². The molecule has 1 saturated heterocycles. The van der Waals surface area contributed by atoms with Crippen LogP contribution in [0.5, 0.6) is 0 Å². The largest absolute Gasteiger partial charge is 2.00 e. The van der Waals surface area contributed by atoms with Gasteiger partial charge in [-0.15, -0.1) is 0 Å². The van der Waals surface area contributed by atoms with Crippen molar-refractivity contribution in [3.8, 4) is 45.6 Å². The van der Waals surface area contributed by atoms with Gasteiger partial charge in [-0.3, -0.25) is 0 Å². The number of aromatic nitrogens is 8. The standard InChI is InChI=1S/C86H116N8O.Ni/c1-9-15-21-27-33-39-45-61-51-53-63(47-41-35-29-23-17-11-3)73-71(61)81-88-79-69-57-67-68(78-60(8)59(7)77(67)95-78)58-70(69)80(87-79)89-82-72-62(46-40-34-28-22-16-10-2)52-54-64(48-42-36-30-24-18-12-4)74(72)84(91-82)93-86-76-66(50-44-38-32-26-20-14-6)56-55-65(49-43-37-31-25-19-13-5)75(76)85(94-86)92-83(73)90-81;/h51-58,77-78H,7-50H2,1-6H3;/q-2;+2. The number of hydrogen-bond acceptors (Lipinski definition) is 7. The maximum Gasteiger partial charge on any atom is 2.00 e. The summed E-state index contributed by atoms with van der Waals surface area (Å²) in [5.41, 5.74) is 19.0. The van der Waals surface area contributed by atoms with Crippen molar-refractivity contribution in [3.05, 3.63) is 117 Å². The molecule has 0 aliphatic carbocycles. The average molecular weight is 1340 g/mol. The summed E-state index contributed by atoms with van der Waals surface area (Å²) in [6.45, 7) is 22.9. The van der Waals surface area contributed by atoms with Crippen LogP contribution < -0.4 is 9.97 Å². The van der Waals surface area contributed by atoms with Gasteiger partial charge in [-0.05, 0) is 166 Å². The first-order chi connectivity index (χ1) is 46.8. The van der Waals surface area contributed by atoms with Crippen molar-refractivity contribution in [3.63, 3.8) is 0 Å². The van der Waals surface area contributed by atoms with Crippen LogP contribution in [0.1, 0.15) is 329 Å². The van der Waals surface area contributed by atoms with Gasteiger partial charge in [0.15, 0.2) is 0 Å². The number of benzene rings is 4. The van der Waals surface area contributed by atoms with Gasteiger partial charge in [0.25, 0.3) is 0 Å². The van der Waals surface area contributed by atoms with Gasteiger partial charge >= 0.3 is 16.5 Å². The second kappa shape index (κ2) is 36.8. The fourth-order valence-corrected chi connectivity index (χ4v) is 16.0. The van der Waals surface area contributed by atoms with Crippen molar-refractivity contribution in [1.29, 1.82) is 0 Å². The molecule has 3 aromatic heterocycles. The third-order valence-electron chi connectivity index (χ3n) is 21.6. The number of ether oxygens (including phenoxy) is 1. The molecule has 9 nitrogen and oxygen atoms in total. The third kappa shape index (κ3) is 17.2. The molecule has 0 amide bonds. The second-order valence-electron chi connectivity index (χ2n) is 29.0. The normalized spacial score (nSPS) is 14.6. The summed E-state index contributed by atoms with van der Waals surface area (Å²) in [5.74, 6) is 2.76. The van der Waals surface area contributed by atoms with E-state index < -0.39 is 0 Å². The first-order valence-electron chi connectivity index (χ1n) is 39.2. The number of hydrogen-bond donors (Lipinski definition) is 0.